The molecule has 5 heteroatoms. The molecule has 0 unspecified atom stereocenters. The Morgan fingerprint density at radius 2 is 2.12 bits per heavy atom. The Balaban J connectivity index is 2.63. The van der Waals surface area contributed by atoms with E-state index in [-0.39, 0.29) is 0 Å². The maximum atomic E-state index is 6.09. The zero-order valence-corrected chi connectivity index (χ0v) is 9.40. The van der Waals surface area contributed by atoms with E-state index < -0.39 is 0 Å². The first-order chi connectivity index (χ1) is 7.72. The summed E-state index contributed by atoms with van der Waals surface area (Å²) in [5, 5.41) is 0.532. The van der Waals surface area contributed by atoms with Gasteiger partial charge in [0.25, 0.3) is 0 Å². The molecule has 0 aliphatic rings. The van der Waals surface area contributed by atoms with Gasteiger partial charge >= 0.3 is 0 Å². The maximum Gasteiger partial charge on any atom is 0.166 e. The number of hydrogen-bond donors (Lipinski definition) is 1. The second-order valence-corrected chi connectivity index (χ2v) is 3.53. The maximum absolute atomic E-state index is 6.09. The average Bonchev–Trinajstić information content (AvgIpc) is 2.28. The molecule has 0 amide bonds. The van der Waals surface area contributed by atoms with Crippen molar-refractivity contribution < 1.29 is 4.74 Å². The van der Waals surface area contributed by atoms with E-state index in [2.05, 4.69) is 9.97 Å². The van der Waals surface area contributed by atoms with Crippen LogP contribution in [0.2, 0.25) is 5.02 Å². The second-order valence-electron chi connectivity index (χ2n) is 3.12. The number of hydrogen-bond acceptors (Lipinski definition) is 4. The van der Waals surface area contributed by atoms with Crippen molar-refractivity contribution in [2.75, 3.05) is 12.8 Å². The molecule has 16 heavy (non-hydrogen) atoms. The molecule has 1 aromatic heterocycles. The van der Waals surface area contributed by atoms with Crippen molar-refractivity contribution in [3.8, 4) is 17.1 Å². The van der Waals surface area contributed by atoms with Gasteiger partial charge in [0, 0.05) is 6.20 Å². The van der Waals surface area contributed by atoms with Crippen LogP contribution in [0, 0.1) is 0 Å². The molecular formula is C11H10ClN3O. The molecular weight excluding hydrogens is 226 g/mol. The van der Waals surface area contributed by atoms with Gasteiger partial charge in [-0.15, -0.1) is 0 Å². The topological polar surface area (TPSA) is 61.0 Å². The quantitative estimate of drug-likeness (QED) is 0.868. The first kappa shape index (κ1) is 10.7. The van der Waals surface area contributed by atoms with Crippen molar-refractivity contribution in [1.29, 1.82) is 0 Å². The molecule has 0 atom stereocenters. The third kappa shape index (κ3) is 1.92. The van der Waals surface area contributed by atoms with Crippen molar-refractivity contribution >= 4 is 17.4 Å². The van der Waals surface area contributed by atoms with E-state index in [0.29, 0.717) is 28.0 Å². The second kappa shape index (κ2) is 4.37. The van der Waals surface area contributed by atoms with Crippen LogP contribution in [0.15, 0.2) is 30.5 Å². The molecule has 0 saturated heterocycles. The number of benzene rings is 1. The van der Waals surface area contributed by atoms with E-state index in [1.807, 2.05) is 0 Å². The van der Waals surface area contributed by atoms with Crippen LogP contribution in [-0.2, 0) is 0 Å². The van der Waals surface area contributed by atoms with E-state index in [1.54, 1.807) is 37.6 Å². The zero-order valence-electron chi connectivity index (χ0n) is 8.64. The van der Waals surface area contributed by atoms with Gasteiger partial charge in [0.15, 0.2) is 5.82 Å². The highest BCUT2D eigenvalue weighted by molar-refractivity contribution is 6.33. The molecule has 0 bridgehead atoms. The highest BCUT2D eigenvalue weighted by Crippen LogP contribution is 2.34. The van der Waals surface area contributed by atoms with E-state index >= 15 is 0 Å². The monoisotopic (exact) mass is 235 g/mol. The number of nitrogens with two attached hydrogens (primary N) is 1. The predicted octanol–water partition coefficient (Wildman–Crippen LogP) is 2.39. The normalized spacial score (nSPS) is 10.1. The van der Waals surface area contributed by atoms with Crippen LogP contribution in [-0.4, -0.2) is 17.1 Å². The fourth-order valence-corrected chi connectivity index (χ4v) is 1.63. The molecule has 82 valence electrons. The van der Waals surface area contributed by atoms with Crippen molar-refractivity contribution in [3.63, 3.8) is 0 Å². The first-order valence-electron chi connectivity index (χ1n) is 4.64. The van der Waals surface area contributed by atoms with E-state index in [1.165, 1.54) is 0 Å². The van der Waals surface area contributed by atoms with Crippen LogP contribution >= 0.6 is 11.6 Å². The first-order valence-corrected chi connectivity index (χ1v) is 5.01. The van der Waals surface area contributed by atoms with Crippen molar-refractivity contribution in [1.82, 2.24) is 9.97 Å². The Morgan fingerprint density at radius 3 is 2.81 bits per heavy atom. The minimum Gasteiger partial charge on any atom is -0.496 e. The summed E-state index contributed by atoms with van der Waals surface area (Å²) in [4.78, 5) is 8.24. The molecule has 2 aromatic rings. The lowest BCUT2D eigenvalue weighted by Crippen LogP contribution is -1.97. The molecule has 4 nitrogen and oxygen atoms in total. The van der Waals surface area contributed by atoms with Gasteiger partial charge in [-0.05, 0) is 18.2 Å². The number of ether oxygens (including phenoxy) is 1. The molecule has 0 saturated carbocycles. The molecule has 0 fully saturated rings. The van der Waals surface area contributed by atoms with Gasteiger partial charge in [-0.1, -0.05) is 17.7 Å². The van der Waals surface area contributed by atoms with Crippen LogP contribution in [0.5, 0.6) is 5.75 Å². The van der Waals surface area contributed by atoms with Gasteiger partial charge in [0.2, 0.25) is 0 Å². The third-order valence-corrected chi connectivity index (χ3v) is 2.41. The summed E-state index contributed by atoms with van der Waals surface area (Å²) in [5.41, 5.74) is 6.25. The SMILES string of the molecule is COc1cccc(Cl)c1-c1nccc(N)n1. The highest BCUT2D eigenvalue weighted by atomic mass is 35.5. The lowest BCUT2D eigenvalue weighted by atomic mass is 10.2. The molecule has 1 aromatic carbocycles. The van der Waals surface area contributed by atoms with Crippen LogP contribution < -0.4 is 10.5 Å². The summed E-state index contributed by atoms with van der Waals surface area (Å²) in [5.74, 6) is 1.48. The average molecular weight is 236 g/mol. The van der Waals surface area contributed by atoms with E-state index in [9.17, 15) is 0 Å². The minimum absolute atomic E-state index is 0.395. The predicted molar refractivity (Wildman–Crippen MR) is 63.4 cm³/mol. The summed E-state index contributed by atoms with van der Waals surface area (Å²) >= 11 is 6.09. The van der Waals surface area contributed by atoms with Gasteiger partial charge in [-0.2, -0.15) is 0 Å². The lowest BCUT2D eigenvalue weighted by molar-refractivity contribution is 0.416. The summed E-state index contributed by atoms with van der Waals surface area (Å²) < 4.78 is 5.22. The van der Waals surface area contributed by atoms with Crippen molar-refractivity contribution in [3.05, 3.63) is 35.5 Å². The fourth-order valence-electron chi connectivity index (χ4n) is 1.38. The van der Waals surface area contributed by atoms with Gasteiger partial charge in [-0.25, -0.2) is 9.97 Å². The van der Waals surface area contributed by atoms with Gasteiger partial charge in [0.1, 0.15) is 11.6 Å². The van der Waals surface area contributed by atoms with Gasteiger partial charge < -0.3 is 10.5 Å². The van der Waals surface area contributed by atoms with Crippen LogP contribution in [0.1, 0.15) is 0 Å². The van der Waals surface area contributed by atoms with Crippen molar-refractivity contribution in [2.45, 2.75) is 0 Å². The Hall–Kier alpha value is -1.81. The number of rotatable bonds is 2. The number of methoxy groups -OCH3 is 1. The van der Waals surface area contributed by atoms with Crippen molar-refractivity contribution in [2.24, 2.45) is 0 Å². The number of nitrogens with zero attached hydrogens (tertiary/aromatic N) is 2. The minimum atomic E-state index is 0.395. The Kier molecular flexibility index (Phi) is 2.92. The summed E-state index contributed by atoms with van der Waals surface area (Å²) in [7, 11) is 1.57. The third-order valence-electron chi connectivity index (χ3n) is 2.10. The van der Waals surface area contributed by atoms with Gasteiger partial charge in [-0.3, -0.25) is 0 Å². The van der Waals surface area contributed by atoms with Crippen LogP contribution in [0.4, 0.5) is 5.82 Å². The molecule has 0 aliphatic carbocycles. The molecule has 1 heterocycles. The molecule has 0 aliphatic heterocycles. The standard InChI is InChI=1S/C11H10ClN3O/c1-16-8-4-2-3-7(12)10(8)11-14-6-5-9(13)15-11/h2-6H,1H3,(H2,13,14,15). The Labute approximate surface area is 98.0 Å². The molecule has 2 N–H and O–H groups in total. The van der Waals surface area contributed by atoms with Crippen LogP contribution in [0.25, 0.3) is 11.4 Å². The smallest absolute Gasteiger partial charge is 0.166 e. The summed E-state index contributed by atoms with van der Waals surface area (Å²) in [6, 6.07) is 6.98. The largest absolute Gasteiger partial charge is 0.496 e. The molecule has 2 rings (SSSR count). The number of halogens is 1. The summed E-state index contributed by atoms with van der Waals surface area (Å²) in [6.07, 6.45) is 1.58. The Morgan fingerprint density at radius 1 is 1.31 bits per heavy atom. The number of nitrogen functional groups attached to an aromatic ring is 1. The lowest BCUT2D eigenvalue weighted by Gasteiger charge is -2.08. The molecule has 0 spiro atoms. The van der Waals surface area contributed by atoms with Gasteiger partial charge in [0.05, 0.1) is 17.7 Å². The Bertz CT molecular complexity index is 516. The van der Waals surface area contributed by atoms with E-state index in [4.69, 9.17) is 22.1 Å². The van der Waals surface area contributed by atoms with Crippen LogP contribution in [0.3, 0.4) is 0 Å². The zero-order chi connectivity index (χ0) is 11.5. The summed E-state index contributed by atoms with van der Waals surface area (Å²) in [6.45, 7) is 0. The molecule has 0 radical (unpaired) electrons. The van der Waals surface area contributed by atoms with E-state index in [0.717, 1.165) is 0 Å². The highest BCUT2D eigenvalue weighted by Gasteiger charge is 2.12. The number of aromatic nitrogens is 2. The number of anilines is 1. The fraction of sp³-hybridized carbons (Fsp3) is 0.0909.